The van der Waals surface area contributed by atoms with Crippen LogP contribution < -0.4 is 14.8 Å². The highest BCUT2D eigenvalue weighted by atomic mass is 16.6. The van der Waals surface area contributed by atoms with Gasteiger partial charge in [-0.05, 0) is 49.2 Å². The van der Waals surface area contributed by atoms with Crippen LogP contribution in [0, 0.1) is 6.92 Å². The molecule has 3 aromatic rings. The Kier molecular flexibility index (Phi) is 5.28. The number of para-hydroxylation sites is 2. The number of hydrogen-bond acceptors (Lipinski definition) is 4. The van der Waals surface area contributed by atoms with Gasteiger partial charge in [-0.15, -0.1) is 0 Å². The molecule has 0 unspecified atom stereocenters. The zero-order valence-electron chi connectivity index (χ0n) is 15.9. The first kappa shape index (κ1) is 18.1. The van der Waals surface area contributed by atoms with Crippen molar-refractivity contribution in [3.8, 4) is 11.5 Å². The molecule has 1 aliphatic heterocycles. The maximum absolute atomic E-state index is 12.1. The maximum atomic E-state index is 12.1. The van der Waals surface area contributed by atoms with Crippen LogP contribution in [0.2, 0.25) is 0 Å². The number of nitrogens with one attached hydrogen (secondary N) is 1. The SMILES string of the molecule is Cc1nc2ccccc2n1CCCNC(=O)/C=C/c1ccc2c(c1)OCCO2. The van der Waals surface area contributed by atoms with Crippen molar-refractivity contribution >= 4 is 23.0 Å². The molecule has 1 aromatic heterocycles. The average molecular weight is 377 g/mol. The highest BCUT2D eigenvalue weighted by molar-refractivity contribution is 5.91. The lowest BCUT2D eigenvalue weighted by Gasteiger charge is -2.18. The molecule has 0 atom stereocenters. The van der Waals surface area contributed by atoms with Crippen molar-refractivity contribution in [2.45, 2.75) is 19.9 Å². The third kappa shape index (κ3) is 4.01. The molecule has 144 valence electrons. The fraction of sp³-hybridized carbons (Fsp3) is 0.273. The van der Waals surface area contributed by atoms with E-state index in [0.29, 0.717) is 19.8 Å². The van der Waals surface area contributed by atoms with Crippen LogP contribution in [0.1, 0.15) is 17.8 Å². The van der Waals surface area contributed by atoms with E-state index in [1.807, 2.05) is 43.3 Å². The van der Waals surface area contributed by atoms with Crippen molar-refractivity contribution in [2.24, 2.45) is 0 Å². The van der Waals surface area contributed by atoms with Crippen molar-refractivity contribution in [2.75, 3.05) is 19.8 Å². The number of hydrogen-bond donors (Lipinski definition) is 1. The summed E-state index contributed by atoms with van der Waals surface area (Å²) in [6.07, 6.45) is 4.16. The second kappa shape index (κ2) is 8.17. The van der Waals surface area contributed by atoms with E-state index in [2.05, 4.69) is 20.9 Å². The molecule has 6 nitrogen and oxygen atoms in total. The number of aromatic nitrogens is 2. The molecule has 28 heavy (non-hydrogen) atoms. The normalized spacial score (nSPS) is 13.2. The second-order valence-corrected chi connectivity index (χ2v) is 6.68. The summed E-state index contributed by atoms with van der Waals surface area (Å²) in [7, 11) is 0. The number of rotatable bonds is 6. The van der Waals surface area contributed by atoms with Gasteiger partial charge in [-0.1, -0.05) is 18.2 Å². The third-order valence-electron chi connectivity index (χ3n) is 4.70. The largest absolute Gasteiger partial charge is 0.486 e. The Bertz CT molecular complexity index is 1020. The molecule has 0 radical (unpaired) electrons. The molecule has 1 aliphatic rings. The zero-order valence-corrected chi connectivity index (χ0v) is 15.9. The number of fused-ring (bicyclic) bond motifs is 2. The number of carbonyl (C=O) groups excluding carboxylic acids is 1. The van der Waals surface area contributed by atoms with Crippen LogP contribution in [0.25, 0.3) is 17.1 Å². The zero-order chi connectivity index (χ0) is 19.3. The summed E-state index contributed by atoms with van der Waals surface area (Å²) in [6, 6.07) is 13.8. The summed E-state index contributed by atoms with van der Waals surface area (Å²) >= 11 is 0. The molecule has 6 heteroatoms. The van der Waals surface area contributed by atoms with Gasteiger partial charge in [0.15, 0.2) is 11.5 Å². The van der Waals surface area contributed by atoms with Gasteiger partial charge in [0.25, 0.3) is 0 Å². The first-order valence-electron chi connectivity index (χ1n) is 9.48. The molecule has 0 saturated heterocycles. The lowest BCUT2D eigenvalue weighted by molar-refractivity contribution is -0.116. The van der Waals surface area contributed by atoms with E-state index < -0.39 is 0 Å². The summed E-state index contributed by atoms with van der Waals surface area (Å²) < 4.78 is 13.2. The first-order valence-corrected chi connectivity index (χ1v) is 9.48. The summed E-state index contributed by atoms with van der Waals surface area (Å²) in [5.41, 5.74) is 3.04. The van der Waals surface area contributed by atoms with Crippen LogP contribution in [0.15, 0.2) is 48.5 Å². The van der Waals surface area contributed by atoms with Gasteiger partial charge in [0.2, 0.25) is 5.91 Å². The average Bonchev–Trinajstić information content (AvgIpc) is 3.04. The highest BCUT2D eigenvalue weighted by Crippen LogP contribution is 2.31. The van der Waals surface area contributed by atoms with E-state index in [4.69, 9.17) is 9.47 Å². The number of nitrogens with zero attached hydrogens (tertiary/aromatic N) is 2. The number of aryl methyl sites for hydroxylation is 2. The Balaban J connectivity index is 1.28. The molecule has 0 bridgehead atoms. The van der Waals surface area contributed by atoms with E-state index in [1.54, 1.807) is 12.2 Å². The van der Waals surface area contributed by atoms with Crippen LogP contribution in [0.3, 0.4) is 0 Å². The molecule has 4 rings (SSSR count). The standard InChI is InChI=1S/C22H23N3O3/c1-16-24-18-5-2-3-6-19(18)25(16)12-4-11-23-22(26)10-8-17-7-9-20-21(15-17)28-14-13-27-20/h2-3,5-10,15H,4,11-14H2,1H3,(H,23,26)/b10-8+. The van der Waals surface area contributed by atoms with Gasteiger partial charge in [0.05, 0.1) is 11.0 Å². The van der Waals surface area contributed by atoms with Crippen molar-refractivity contribution in [1.29, 1.82) is 0 Å². The molecule has 0 fully saturated rings. The highest BCUT2D eigenvalue weighted by Gasteiger charge is 2.11. The third-order valence-corrected chi connectivity index (χ3v) is 4.70. The first-order chi connectivity index (χ1) is 13.7. The van der Waals surface area contributed by atoms with Crippen molar-refractivity contribution < 1.29 is 14.3 Å². The Morgan fingerprint density at radius 3 is 2.89 bits per heavy atom. The minimum absolute atomic E-state index is 0.109. The van der Waals surface area contributed by atoms with Gasteiger partial charge in [-0.25, -0.2) is 4.98 Å². The molecule has 0 saturated carbocycles. The fourth-order valence-corrected chi connectivity index (χ4v) is 3.32. The Labute approximate surface area is 163 Å². The molecule has 1 N–H and O–H groups in total. The molecular formula is C22H23N3O3. The number of amides is 1. The van der Waals surface area contributed by atoms with Crippen molar-refractivity contribution in [3.63, 3.8) is 0 Å². The fourth-order valence-electron chi connectivity index (χ4n) is 3.32. The molecule has 0 aliphatic carbocycles. The Hall–Kier alpha value is -3.28. The van der Waals surface area contributed by atoms with E-state index >= 15 is 0 Å². The topological polar surface area (TPSA) is 65.4 Å². The van der Waals surface area contributed by atoms with E-state index in [9.17, 15) is 4.79 Å². The van der Waals surface area contributed by atoms with Gasteiger partial charge in [-0.3, -0.25) is 4.79 Å². The number of carbonyl (C=O) groups is 1. The van der Waals surface area contributed by atoms with Gasteiger partial charge < -0.3 is 19.4 Å². The van der Waals surface area contributed by atoms with Crippen LogP contribution in [0.4, 0.5) is 0 Å². The second-order valence-electron chi connectivity index (χ2n) is 6.68. The van der Waals surface area contributed by atoms with Gasteiger partial charge in [-0.2, -0.15) is 0 Å². The van der Waals surface area contributed by atoms with Gasteiger partial charge in [0.1, 0.15) is 19.0 Å². The lowest BCUT2D eigenvalue weighted by Crippen LogP contribution is -2.23. The van der Waals surface area contributed by atoms with Crippen LogP contribution in [-0.2, 0) is 11.3 Å². The predicted octanol–water partition coefficient (Wildman–Crippen LogP) is 3.34. The minimum Gasteiger partial charge on any atom is -0.486 e. The van der Waals surface area contributed by atoms with Crippen LogP contribution in [0.5, 0.6) is 11.5 Å². The monoisotopic (exact) mass is 377 g/mol. The lowest BCUT2D eigenvalue weighted by atomic mass is 10.2. The molecule has 1 amide bonds. The quantitative estimate of drug-likeness (QED) is 0.529. The van der Waals surface area contributed by atoms with Crippen molar-refractivity contribution in [3.05, 3.63) is 59.9 Å². The summed E-state index contributed by atoms with van der Waals surface area (Å²) in [5.74, 6) is 2.35. The van der Waals surface area contributed by atoms with Gasteiger partial charge >= 0.3 is 0 Å². The van der Waals surface area contributed by atoms with E-state index in [0.717, 1.165) is 46.9 Å². The molecule has 2 aromatic carbocycles. The smallest absolute Gasteiger partial charge is 0.244 e. The Morgan fingerprint density at radius 2 is 2.00 bits per heavy atom. The van der Waals surface area contributed by atoms with Crippen molar-refractivity contribution in [1.82, 2.24) is 14.9 Å². The number of benzene rings is 2. The number of imidazole rings is 1. The molecule has 0 spiro atoms. The van der Waals surface area contributed by atoms with E-state index in [1.165, 1.54) is 0 Å². The summed E-state index contributed by atoms with van der Waals surface area (Å²) in [6.45, 7) is 4.55. The van der Waals surface area contributed by atoms with Crippen LogP contribution >= 0.6 is 0 Å². The maximum Gasteiger partial charge on any atom is 0.244 e. The predicted molar refractivity (Wildman–Crippen MR) is 109 cm³/mol. The van der Waals surface area contributed by atoms with Gasteiger partial charge in [0, 0.05) is 19.2 Å². The van der Waals surface area contributed by atoms with E-state index in [-0.39, 0.29) is 5.91 Å². The molecule has 2 heterocycles. The summed E-state index contributed by atoms with van der Waals surface area (Å²) in [5, 5.41) is 2.93. The van der Waals surface area contributed by atoms with Crippen LogP contribution in [-0.4, -0.2) is 35.2 Å². The minimum atomic E-state index is -0.109. The Morgan fingerprint density at radius 1 is 1.18 bits per heavy atom. The summed E-state index contributed by atoms with van der Waals surface area (Å²) in [4.78, 5) is 16.6. The molecular weight excluding hydrogens is 354 g/mol. The number of ether oxygens (including phenoxy) is 2.